The van der Waals surface area contributed by atoms with E-state index in [0.29, 0.717) is 5.56 Å². The summed E-state index contributed by atoms with van der Waals surface area (Å²) in [6.07, 6.45) is 0. The second kappa shape index (κ2) is 4.80. The van der Waals surface area contributed by atoms with E-state index < -0.39 is 16.9 Å². The largest absolute Gasteiger partial charge is 0.480 e. The standard InChI is InChI=1S/C10H9N5O4/c1-6(10(16)17)14-12-9(11-13-14)7-2-4-8(5-3-7)15(18)19/h2-6H,1H3,(H,16,17)/t6-/m1/s1. The molecule has 0 fully saturated rings. The van der Waals surface area contributed by atoms with Gasteiger partial charge < -0.3 is 5.11 Å². The molecule has 2 rings (SSSR count). The summed E-state index contributed by atoms with van der Waals surface area (Å²) >= 11 is 0. The Labute approximate surface area is 106 Å². The first kappa shape index (κ1) is 12.6. The molecule has 0 bridgehead atoms. The first-order chi connectivity index (χ1) is 8.99. The number of nitro benzene ring substituents is 1. The van der Waals surface area contributed by atoms with Crippen molar-refractivity contribution in [3.05, 3.63) is 34.4 Å². The van der Waals surface area contributed by atoms with Gasteiger partial charge in [-0.15, -0.1) is 15.0 Å². The molecule has 0 aliphatic heterocycles. The number of hydrogen-bond acceptors (Lipinski definition) is 6. The maximum absolute atomic E-state index is 10.8. The lowest BCUT2D eigenvalue weighted by Crippen LogP contribution is -2.18. The summed E-state index contributed by atoms with van der Waals surface area (Å²) in [6, 6.07) is 4.66. The quantitative estimate of drug-likeness (QED) is 0.641. The Morgan fingerprint density at radius 3 is 2.58 bits per heavy atom. The summed E-state index contributed by atoms with van der Waals surface area (Å²) in [4.78, 5) is 21.7. The number of benzene rings is 1. The highest BCUT2D eigenvalue weighted by Gasteiger charge is 2.17. The molecule has 1 heterocycles. The highest BCUT2D eigenvalue weighted by Crippen LogP contribution is 2.18. The van der Waals surface area contributed by atoms with Gasteiger partial charge in [0.25, 0.3) is 5.69 Å². The fraction of sp³-hybridized carbons (Fsp3) is 0.200. The molecule has 19 heavy (non-hydrogen) atoms. The maximum Gasteiger partial charge on any atom is 0.330 e. The monoisotopic (exact) mass is 263 g/mol. The fourth-order valence-corrected chi connectivity index (χ4v) is 1.34. The zero-order chi connectivity index (χ0) is 14.0. The zero-order valence-corrected chi connectivity index (χ0v) is 9.79. The molecule has 0 amide bonds. The minimum Gasteiger partial charge on any atom is -0.480 e. The van der Waals surface area contributed by atoms with Crippen LogP contribution in [0.5, 0.6) is 0 Å². The molecule has 0 radical (unpaired) electrons. The van der Waals surface area contributed by atoms with Gasteiger partial charge in [-0.2, -0.15) is 0 Å². The predicted molar refractivity (Wildman–Crippen MR) is 62.3 cm³/mol. The third-order valence-electron chi connectivity index (χ3n) is 2.47. The van der Waals surface area contributed by atoms with Crippen LogP contribution in [-0.2, 0) is 4.79 Å². The van der Waals surface area contributed by atoms with E-state index in [1.165, 1.54) is 31.2 Å². The van der Waals surface area contributed by atoms with Gasteiger partial charge in [0.05, 0.1) is 4.92 Å². The summed E-state index contributed by atoms with van der Waals surface area (Å²) in [7, 11) is 0. The molecule has 0 saturated carbocycles. The number of rotatable bonds is 4. The molecular formula is C10H9N5O4. The molecule has 0 spiro atoms. The highest BCUT2D eigenvalue weighted by atomic mass is 16.6. The van der Waals surface area contributed by atoms with Crippen molar-refractivity contribution in [1.29, 1.82) is 0 Å². The number of nitro groups is 1. The van der Waals surface area contributed by atoms with Crippen molar-refractivity contribution in [2.75, 3.05) is 0 Å². The number of carboxylic acids is 1. The van der Waals surface area contributed by atoms with E-state index in [9.17, 15) is 14.9 Å². The molecule has 1 aromatic heterocycles. The number of aliphatic carboxylic acids is 1. The van der Waals surface area contributed by atoms with Crippen LogP contribution in [0.1, 0.15) is 13.0 Å². The van der Waals surface area contributed by atoms with Crippen LogP contribution in [0.4, 0.5) is 5.69 Å². The number of hydrogen-bond donors (Lipinski definition) is 1. The number of carbonyl (C=O) groups is 1. The molecule has 0 aliphatic rings. The van der Waals surface area contributed by atoms with E-state index >= 15 is 0 Å². The van der Waals surface area contributed by atoms with Gasteiger partial charge in [-0.05, 0) is 24.3 Å². The second-order valence-electron chi connectivity index (χ2n) is 3.75. The maximum atomic E-state index is 10.8. The molecule has 2 aromatic rings. The molecule has 0 unspecified atom stereocenters. The number of tetrazole rings is 1. The molecule has 9 nitrogen and oxygen atoms in total. The normalized spacial score (nSPS) is 12.1. The van der Waals surface area contributed by atoms with Crippen LogP contribution in [0, 0.1) is 10.1 Å². The highest BCUT2D eigenvalue weighted by molar-refractivity contribution is 5.71. The fourth-order valence-electron chi connectivity index (χ4n) is 1.34. The van der Waals surface area contributed by atoms with Gasteiger partial charge >= 0.3 is 5.97 Å². The summed E-state index contributed by atoms with van der Waals surface area (Å²) in [5.41, 5.74) is 0.476. The summed E-state index contributed by atoms with van der Waals surface area (Å²) < 4.78 is 0. The average molecular weight is 263 g/mol. The number of nitrogens with zero attached hydrogens (tertiary/aromatic N) is 5. The number of non-ortho nitro benzene ring substituents is 1. The second-order valence-corrected chi connectivity index (χ2v) is 3.75. The van der Waals surface area contributed by atoms with Crippen molar-refractivity contribution in [1.82, 2.24) is 20.2 Å². The first-order valence-corrected chi connectivity index (χ1v) is 5.26. The SMILES string of the molecule is C[C@H](C(=O)O)n1nnc(-c2ccc([N+](=O)[O-])cc2)n1. The molecule has 0 saturated heterocycles. The molecule has 1 N–H and O–H groups in total. The molecule has 1 aromatic carbocycles. The molecular weight excluding hydrogens is 254 g/mol. The van der Waals surface area contributed by atoms with Crippen LogP contribution in [0.3, 0.4) is 0 Å². The smallest absolute Gasteiger partial charge is 0.330 e. The molecule has 9 heteroatoms. The van der Waals surface area contributed by atoms with E-state index in [0.717, 1.165) is 4.80 Å². The van der Waals surface area contributed by atoms with Crippen LogP contribution < -0.4 is 0 Å². The lowest BCUT2D eigenvalue weighted by atomic mass is 10.2. The Bertz CT molecular complexity index is 621. The van der Waals surface area contributed by atoms with Crippen molar-refractivity contribution >= 4 is 11.7 Å². The van der Waals surface area contributed by atoms with Crippen LogP contribution in [-0.4, -0.2) is 36.2 Å². The Morgan fingerprint density at radius 2 is 2.05 bits per heavy atom. The summed E-state index contributed by atoms with van der Waals surface area (Å²) in [5.74, 6) is -0.865. The van der Waals surface area contributed by atoms with E-state index in [-0.39, 0.29) is 11.5 Å². The Hall–Kier alpha value is -2.84. The van der Waals surface area contributed by atoms with Crippen LogP contribution in [0.15, 0.2) is 24.3 Å². The molecule has 98 valence electrons. The van der Waals surface area contributed by atoms with Gasteiger partial charge in [0.2, 0.25) is 5.82 Å². The lowest BCUT2D eigenvalue weighted by Gasteiger charge is -2.01. The van der Waals surface area contributed by atoms with Gasteiger partial charge in [-0.25, -0.2) is 4.79 Å². The first-order valence-electron chi connectivity index (χ1n) is 5.26. The van der Waals surface area contributed by atoms with Gasteiger partial charge in [-0.3, -0.25) is 10.1 Å². The van der Waals surface area contributed by atoms with Gasteiger partial charge in [0.1, 0.15) is 0 Å². The van der Waals surface area contributed by atoms with Gasteiger partial charge in [0.15, 0.2) is 6.04 Å². The summed E-state index contributed by atoms with van der Waals surface area (Å²) in [5, 5.41) is 30.6. The third-order valence-corrected chi connectivity index (χ3v) is 2.47. The molecule has 1 atom stereocenters. The number of carboxylic acid groups (broad SMARTS) is 1. The Balaban J connectivity index is 2.27. The zero-order valence-electron chi connectivity index (χ0n) is 9.79. The van der Waals surface area contributed by atoms with Crippen molar-refractivity contribution < 1.29 is 14.8 Å². The molecule has 0 aliphatic carbocycles. The minimum absolute atomic E-state index is 0.0463. The minimum atomic E-state index is -1.08. The van der Waals surface area contributed by atoms with Crippen LogP contribution in [0.25, 0.3) is 11.4 Å². The van der Waals surface area contributed by atoms with E-state index in [4.69, 9.17) is 5.11 Å². The third kappa shape index (κ3) is 2.54. The number of aromatic nitrogens is 4. The van der Waals surface area contributed by atoms with Gasteiger partial charge in [-0.1, -0.05) is 0 Å². The van der Waals surface area contributed by atoms with Crippen LogP contribution >= 0.6 is 0 Å². The van der Waals surface area contributed by atoms with Crippen molar-refractivity contribution in [3.8, 4) is 11.4 Å². The van der Waals surface area contributed by atoms with E-state index in [1.54, 1.807) is 0 Å². The Morgan fingerprint density at radius 1 is 1.42 bits per heavy atom. The topological polar surface area (TPSA) is 124 Å². The summed E-state index contributed by atoms with van der Waals surface area (Å²) in [6.45, 7) is 1.42. The van der Waals surface area contributed by atoms with E-state index in [2.05, 4.69) is 15.4 Å². The Kier molecular flexibility index (Phi) is 3.19. The van der Waals surface area contributed by atoms with Crippen molar-refractivity contribution in [2.45, 2.75) is 13.0 Å². The van der Waals surface area contributed by atoms with Gasteiger partial charge in [0, 0.05) is 17.7 Å². The van der Waals surface area contributed by atoms with E-state index in [1.807, 2.05) is 0 Å². The van der Waals surface area contributed by atoms with Crippen molar-refractivity contribution in [2.24, 2.45) is 0 Å². The van der Waals surface area contributed by atoms with Crippen molar-refractivity contribution in [3.63, 3.8) is 0 Å². The lowest BCUT2D eigenvalue weighted by molar-refractivity contribution is -0.384. The van der Waals surface area contributed by atoms with Crippen LogP contribution in [0.2, 0.25) is 0 Å². The predicted octanol–water partition coefficient (Wildman–Crippen LogP) is 0.894. The average Bonchev–Trinajstić information content (AvgIpc) is 2.87.